The van der Waals surface area contributed by atoms with E-state index in [1.807, 2.05) is 0 Å². The summed E-state index contributed by atoms with van der Waals surface area (Å²) in [6.07, 6.45) is 7.22. The van der Waals surface area contributed by atoms with Crippen LogP contribution in [0.15, 0.2) is 41.4 Å². The van der Waals surface area contributed by atoms with Crippen LogP contribution in [0.5, 0.6) is 5.88 Å². The van der Waals surface area contributed by atoms with Gasteiger partial charge >= 0.3 is 0 Å². The number of pyridine rings is 1. The van der Waals surface area contributed by atoms with E-state index in [0.29, 0.717) is 26.8 Å². The maximum atomic E-state index is 12.6. The second-order valence-corrected chi connectivity index (χ2v) is 9.83. The zero-order chi connectivity index (χ0) is 19.7. The van der Waals surface area contributed by atoms with Crippen molar-refractivity contribution in [3.63, 3.8) is 0 Å². The highest BCUT2D eigenvalue weighted by Crippen LogP contribution is 2.29. The molecule has 1 fully saturated rings. The highest BCUT2D eigenvalue weighted by Gasteiger charge is 2.18. The van der Waals surface area contributed by atoms with E-state index >= 15 is 0 Å². The van der Waals surface area contributed by atoms with Crippen LogP contribution in [0, 0.1) is 0 Å². The third kappa shape index (κ3) is 4.15. The van der Waals surface area contributed by atoms with Gasteiger partial charge < -0.3 is 4.74 Å². The Morgan fingerprint density at radius 3 is 2.75 bits per heavy atom. The first-order valence-electron chi connectivity index (χ1n) is 8.93. The third-order valence-corrected chi connectivity index (χ3v) is 6.64. The van der Waals surface area contributed by atoms with Crippen molar-refractivity contribution in [2.75, 3.05) is 11.6 Å². The molecule has 1 aliphatic rings. The van der Waals surface area contributed by atoms with E-state index in [0.717, 1.165) is 31.9 Å². The number of benzene rings is 1. The molecule has 1 saturated carbocycles. The average Bonchev–Trinajstić information content (AvgIpc) is 3.29. The number of rotatable bonds is 5. The van der Waals surface area contributed by atoms with Gasteiger partial charge in [-0.25, -0.2) is 18.4 Å². The summed E-state index contributed by atoms with van der Waals surface area (Å²) in [6, 6.07) is 7.96. The Kier molecular flexibility index (Phi) is 5.03. The number of fused-ring (bicyclic) bond motifs is 1. The highest BCUT2D eigenvalue weighted by atomic mass is 32.2. The van der Waals surface area contributed by atoms with E-state index in [1.165, 1.54) is 17.4 Å². The first-order chi connectivity index (χ1) is 13.4. The van der Waals surface area contributed by atoms with Crippen molar-refractivity contribution in [2.45, 2.75) is 36.7 Å². The van der Waals surface area contributed by atoms with Gasteiger partial charge in [0, 0.05) is 24.1 Å². The number of hydrogen-bond acceptors (Lipinski definition) is 7. The lowest BCUT2D eigenvalue weighted by Gasteiger charge is -2.12. The fourth-order valence-corrected chi connectivity index (χ4v) is 4.77. The predicted octanol–water partition coefficient (Wildman–Crippen LogP) is 3.67. The van der Waals surface area contributed by atoms with Crippen molar-refractivity contribution in [3.8, 4) is 5.88 Å². The van der Waals surface area contributed by atoms with E-state index in [2.05, 4.69) is 15.3 Å². The van der Waals surface area contributed by atoms with E-state index in [9.17, 15) is 13.2 Å². The van der Waals surface area contributed by atoms with Gasteiger partial charge in [0.1, 0.15) is 6.10 Å². The van der Waals surface area contributed by atoms with Gasteiger partial charge in [0.25, 0.3) is 5.91 Å². The Morgan fingerprint density at radius 2 is 2.00 bits per heavy atom. The van der Waals surface area contributed by atoms with Crippen LogP contribution in [0.1, 0.15) is 36.0 Å². The lowest BCUT2D eigenvalue weighted by Crippen LogP contribution is -2.14. The van der Waals surface area contributed by atoms with E-state index < -0.39 is 9.84 Å². The standard InChI is InChI=1S/C19H19N3O4S2/c1-28(24,25)14-6-7-15-16(11-14)27-19(21-15)22-18(23)12-8-9-20-17(10-12)26-13-4-2-3-5-13/h6-11,13H,2-5H2,1H3,(H,21,22,23). The van der Waals surface area contributed by atoms with E-state index in [4.69, 9.17) is 4.74 Å². The molecule has 28 heavy (non-hydrogen) atoms. The minimum Gasteiger partial charge on any atom is -0.474 e. The molecule has 2 heterocycles. The number of aromatic nitrogens is 2. The molecule has 0 bridgehead atoms. The number of ether oxygens (including phenoxy) is 1. The molecule has 0 aliphatic heterocycles. The molecule has 1 aromatic carbocycles. The summed E-state index contributed by atoms with van der Waals surface area (Å²) in [7, 11) is -3.30. The Hall–Kier alpha value is -2.52. The van der Waals surface area contributed by atoms with Crippen molar-refractivity contribution in [1.82, 2.24) is 9.97 Å². The van der Waals surface area contributed by atoms with Crippen LogP contribution in [0.25, 0.3) is 10.2 Å². The van der Waals surface area contributed by atoms with Crippen molar-refractivity contribution in [2.24, 2.45) is 0 Å². The molecule has 4 rings (SSSR count). The number of thiazole rings is 1. The maximum Gasteiger partial charge on any atom is 0.257 e. The van der Waals surface area contributed by atoms with Gasteiger partial charge in [-0.2, -0.15) is 0 Å². The normalized spacial score (nSPS) is 15.0. The van der Waals surface area contributed by atoms with Crippen LogP contribution in [-0.4, -0.2) is 36.7 Å². The molecule has 9 heteroatoms. The van der Waals surface area contributed by atoms with Gasteiger partial charge in [-0.05, 0) is 49.9 Å². The summed E-state index contributed by atoms with van der Waals surface area (Å²) in [5.41, 5.74) is 1.06. The number of carbonyl (C=O) groups excluding carboxylic acids is 1. The average molecular weight is 418 g/mol. The number of hydrogen-bond donors (Lipinski definition) is 1. The van der Waals surface area contributed by atoms with Crippen LogP contribution >= 0.6 is 11.3 Å². The van der Waals surface area contributed by atoms with Gasteiger partial charge in [-0.1, -0.05) is 11.3 Å². The lowest BCUT2D eigenvalue weighted by atomic mass is 10.2. The summed E-state index contributed by atoms with van der Waals surface area (Å²) in [5, 5.41) is 3.17. The van der Waals surface area contributed by atoms with Crippen LogP contribution in [0.3, 0.4) is 0 Å². The van der Waals surface area contributed by atoms with Crippen molar-refractivity contribution in [3.05, 3.63) is 42.1 Å². The second kappa shape index (κ2) is 7.48. The van der Waals surface area contributed by atoms with Crippen LogP contribution in [-0.2, 0) is 9.84 Å². The minimum atomic E-state index is -3.30. The molecule has 0 spiro atoms. The molecule has 1 N–H and O–H groups in total. The summed E-state index contributed by atoms with van der Waals surface area (Å²) in [6.45, 7) is 0. The first-order valence-corrected chi connectivity index (χ1v) is 11.6. The summed E-state index contributed by atoms with van der Waals surface area (Å²) in [4.78, 5) is 21.3. The summed E-state index contributed by atoms with van der Waals surface area (Å²) in [5.74, 6) is 0.128. The number of anilines is 1. The van der Waals surface area contributed by atoms with E-state index in [-0.39, 0.29) is 16.9 Å². The number of amides is 1. The summed E-state index contributed by atoms with van der Waals surface area (Å²) >= 11 is 1.23. The highest BCUT2D eigenvalue weighted by molar-refractivity contribution is 7.90. The fourth-order valence-electron chi connectivity index (χ4n) is 3.15. The first kappa shape index (κ1) is 18.8. The fraction of sp³-hybridized carbons (Fsp3) is 0.316. The Bertz CT molecular complexity index is 1140. The van der Waals surface area contributed by atoms with Crippen molar-refractivity contribution in [1.29, 1.82) is 0 Å². The molecule has 7 nitrogen and oxygen atoms in total. The maximum absolute atomic E-state index is 12.6. The molecular weight excluding hydrogens is 398 g/mol. The molecular formula is C19H19N3O4S2. The molecule has 0 unspecified atom stereocenters. The van der Waals surface area contributed by atoms with Gasteiger partial charge in [-0.3, -0.25) is 10.1 Å². The minimum absolute atomic E-state index is 0.166. The van der Waals surface area contributed by atoms with Crippen molar-refractivity contribution >= 4 is 42.4 Å². The number of sulfone groups is 1. The molecule has 1 amide bonds. The molecule has 3 aromatic rings. The van der Waals surface area contributed by atoms with E-state index in [1.54, 1.807) is 30.5 Å². The topological polar surface area (TPSA) is 98.2 Å². The van der Waals surface area contributed by atoms with Gasteiger partial charge in [0.2, 0.25) is 5.88 Å². The van der Waals surface area contributed by atoms with Gasteiger partial charge in [-0.15, -0.1) is 0 Å². The largest absolute Gasteiger partial charge is 0.474 e. The number of carbonyl (C=O) groups is 1. The summed E-state index contributed by atoms with van der Waals surface area (Å²) < 4.78 is 29.9. The molecule has 2 aromatic heterocycles. The molecule has 0 saturated heterocycles. The van der Waals surface area contributed by atoms with Gasteiger partial charge in [0.15, 0.2) is 15.0 Å². The number of nitrogens with one attached hydrogen (secondary N) is 1. The Balaban J connectivity index is 1.51. The smallest absolute Gasteiger partial charge is 0.257 e. The molecule has 1 aliphatic carbocycles. The quantitative estimate of drug-likeness (QED) is 0.680. The van der Waals surface area contributed by atoms with Crippen LogP contribution in [0.4, 0.5) is 5.13 Å². The predicted molar refractivity (Wildman–Crippen MR) is 108 cm³/mol. The lowest BCUT2D eigenvalue weighted by molar-refractivity contribution is 0.102. The molecule has 0 radical (unpaired) electrons. The Morgan fingerprint density at radius 1 is 1.21 bits per heavy atom. The number of nitrogens with zero attached hydrogens (tertiary/aromatic N) is 2. The monoisotopic (exact) mass is 417 g/mol. The molecule has 0 atom stereocenters. The zero-order valence-corrected chi connectivity index (χ0v) is 16.8. The van der Waals surface area contributed by atoms with Crippen LogP contribution < -0.4 is 10.1 Å². The van der Waals surface area contributed by atoms with Crippen molar-refractivity contribution < 1.29 is 17.9 Å². The van der Waals surface area contributed by atoms with Gasteiger partial charge in [0.05, 0.1) is 15.1 Å². The molecule has 146 valence electrons. The zero-order valence-electron chi connectivity index (χ0n) is 15.2. The SMILES string of the molecule is CS(=O)(=O)c1ccc2nc(NC(=O)c3ccnc(OC4CCCC4)c3)sc2c1. The van der Waals surface area contributed by atoms with Crippen LogP contribution in [0.2, 0.25) is 0 Å². The second-order valence-electron chi connectivity index (χ2n) is 6.78. The third-order valence-electron chi connectivity index (χ3n) is 4.60. The Labute approximate surface area is 166 Å².